The van der Waals surface area contributed by atoms with Crippen molar-refractivity contribution in [2.75, 3.05) is 6.54 Å². The summed E-state index contributed by atoms with van der Waals surface area (Å²) in [6.07, 6.45) is 0.290. The van der Waals surface area contributed by atoms with Crippen molar-refractivity contribution in [3.8, 4) is 0 Å². The highest BCUT2D eigenvalue weighted by Gasteiger charge is 1.98. The van der Waals surface area contributed by atoms with E-state index in [0.29, 0.717) is 6.17 Å². The third-order valence-electron chi connectivity index (χ3n) is 1.53. The number of rotatable bonds is 4. The first-order valence-corrected chi connectivity index (χ1v) is 4.00. The molecule has 0 bridgehead atoms. The van der Waals surface area contributed by atoms with Gasteiger partial charge in [-0.05, 0) is 27.3 Å². The standard InChI is InChI=1S/C8H19N3/c1-5-10-8(4)11-7(3)6(2)9/h8,10-11H,5,9H2,1-4H3/b7-6-. The minimum atomic E-state index is 0.290. The molecular weight excluding hydrogens is 138 g/mol. The summed E-state index contributed by atoms with van der Waals surface area (Å²) in [5.41, 5.74) is 7.45. The summed E-state index contributed by atoms with van der Waals surface area (Å²) in [4.78, 5) is 0. The highest BCUT2D eigenvalue weighted by Crippen LogP contribution is 1.92. The summed E-state index contributed by atoms with van der Waals surface area (Å²) >= 11 is 0. The molecule has 0 saturated carbocycles. The Morgan fingerprint density at radius 3 is 2.36 bits per heavy atom. The van der Waals surface area contributed by atoms with Gasteiger partial charge in [0.25, 0.3) is 0 Å². The maximum absolute atomic E-state index is 5.57. The number of hydrogen-bond donors (Lipinski definition) is 3. The van der Waals surface area contributed by atoms with Crippen LogP contribution >= 0.6 is 0 Å². The third-order valence-corrected chi connectivity index (χ3v) is 1.53. The van der Waals surface area contributed by atoms with Crippen molar-refractivity contribution >= 4 is 0 Å². The van der Waals surface area contributed by atoms with Gasteiger partial charge in [-0.1, -0.05) is 6.92 Å². The molecule has 0 rings (SSSR count). The van der Waals surface area contributed by atoms with Crippen molar-refractivity contribution in [3.63, 3.8) is 0 Å². The van der Waals surface area contributed by atoms with Crippen LogP contribution in [0.3, 0.4) is 0 Å². The van der Waals surface area contributed by atoms with E-state index in [1.54, 1.807) is 0 Å². The molecule has 11 heavy (non-hydrogen) atoms. The zero-order valence-corrected chi connectivity index (χ0v) is 7.86. The molecule has 3 nitrogen and oxygen atoms in total. The van der Waals surface area contributed by atoms with E-state index in [9.17, 15) is 0 Å². The van der Waals surface area contributed by atoms with Crippen molar-refractivity contribution in [3.05, 3.63) is 11.4 Å². The molecule has 1 atom stereocenters. The molecule has 66 valence electrons. The lowest BCUT2D eigenvalue weighted by molar-refractivity contribution is 0.505. The molecule has 0 aliphatic rings. The number of hydrogen-bond acceptors (Lipinski definition) is 3. The molecule has 0 aliphatic heterocycles. The predicted molar refractivity (Wildman–Crippen MR) is 48.8 cm³/mol. The average Bonchev–Trinajstić information content (AvgIpc) is 1.87. The van der Waals surface area contributed by atoms with E-state index >= 15 is 0 Å². The van der Waals surface area contributed by atoms with Crippen molar-refractivity contribution in [2.24, 2.45) is 5.73 Å². The monoisotopic (exact) mass is 157 g/mol. The van der Waals surface area contributed by atoms with Crippen LogP contribution in [-0.4, -0.2) is 12.7 Å². The summed E-state index contributed by atoms with van der Waals surface area (Å²) in [5.74, 6) is 0. The smallest absolute Gasteiger partial charge is 0.0736 e. The van der Waals surface area contributed by atoms with Crippen molar-refractivity contribution in [1.29, 1.82) is 0 Å². The van der Waals surface area contributed by atoms with Gasteiger partial charge in [0.15, 0.2) is 0 Å². The maximum Gasteiger partial charge on any atom is 0.0736 e. The van der Waals surface area contributed by atoms with Crippen LogP contribution in [0, 0.1) is 0 Å². The Bertz CT molecular complexity index is 136. The topological polar surface area (TPSA) is 50.1 Å². The Labute approximate surface area is 69.0 Å². The summed E-state index contributed by atoms with van der Waals surface area (Å²) in [6.45, 7) is 8.97. The van der Waals surface area contributed by atoms with Crippen LogP contribution in [-0.2, 0) is 0 Å². The van der Waals surface area contributed by atoms with Gasteiger partial charge in [0.2, 0.25) is 0 Å². The lowest BCUT2D eigenvalue weighted by atomic mass is 10.3. The fourth-order valence-corrected chi connectivity index (χ4v) is 0.796. The Morgan fingerprint density at radius 2 is 2.00 bits per heavy atom. The normalized spacial score (nSPS) is 15.6. The van der Waals surface area contributed by atoms with Crippen LogP contribution in [0.4, 0.5) is 0 Å². The van der Waals surface area contributed by atoms with E-state index in [2.05, 4.69) is 24.5 Å². The lowest BCUT2D eigenvalue weighted by Gasteiger charge is -2.16. The van der Waals surface area contributed by atoms with Crippen LogP contribution in [0.15, 0.2) is 11.4 Å². The minimum absolute atomic E-state index is 0.290. The van der Waals surface area contributed by atoms with Gasteiger partial charge in [-0.15, -0.1) is 0 Å². The molecule has 0 fully saturated rings. The van der Waals surface area contributed by atoms with E-state index in [4.69, 9.17) is 5.73 Å². The molecule has 4 N–H and O–H groups in total. The van der Waals surface area contributed by atoms with Gasteiger partial charge in [0.1, 0.15) is 0 Å². The van der Waals surface area contributed by atoms with Crippen LogP contribution in [0.5, 0.6) is 0 Å². The lowest BCUT2D eigenvalue weighted by Crippen LogP contribution is -2.39. The molecule has 0 aromatic heterocycles. The van der Waals surface area contributed by atoms with Crippen molar-refractivity contribution < 1.29 is 0 Å². The van der Waals surface area contributed by atoms with Crippen molar-refractivity contribution in [2.45, 2.75) is 33.9 Å². The highest BCUT2D eigenvalue weighted by atomic mass is 15.1. The predicted octanol–water partition coefficient (Wildman–Crippen LogP) is 0.742. The van der Waals surface area contributed by atoms with Gasteiger partial charge in [0.05, 0.1) is 6.17 Å². The average molecular weight is 157 g/mol. The number of allylic oxidation sites excluding steroid dienone is 2. The first-order valence-electron chi connectivity index (χ1n) is 4.00. The first kappa shape index (κ1) is 10.3. The Balaban J connectivity index is 3.75. The second-order valence-corrected chi connectivity index (χ2v) is 2.73. The second-order valence-electron chi connectivity index (χ2n) is 2.73. The zero-order valence-electron chi connectivity index (χ0n) is 7.86. The fraction of sp³-hybridized carbons (Fsp3) is 0.750. The molecule has 0 saturated heterocycles. The Kier molecular flexibility index (Phi) is 4.70. The van der Waals surface area contributed by atoms with Crippen LogP contribution < -0.4 is 16.4 Å². The summed E-state index contributed by atoms with van der Waals surface area (Å²) in [5, 5.41) is 6.45. The molecule has 0 spiro atoms. The molecule has 0 aromatic rings. The zero-order chi connectivity index (χ0) is 8.85. The summed E-state index contributed by atoms with van der Waals surface area (Å²) in [7, 11) is 0. The van der Waals surface area contributed by atoms with Gasteiger partial charge in [-0.3, -0.25) is 5.32 Å². The molecule has 0 aromatic carbocycles. The van der Waals surface area contributed by atoms with Crippen LogP contribution in [0.25, 0.3) is 0 Å². The van der Waals surface area contributed by atoms with Gasteiger partial charge in [-0.2, -0.15) is 0 Å². The van der Waals surface area contributed by atoms with Gasteiger partial charge >= 0.3 is 0 Å². The van der Waals surface area contributed by atoms with E-state index in [-0.39, 0.29) is 0 Å². The van der Waals surface area contributed by atoms with Crippen LogP contribution in [0.1, 0.15) is 27.7 Å². The molecule has 0 aliphatic carbocycles. The maximum atomic E-state index is 5.57. The minimum Gasteiger partial charge on any atom is -0.401 e. The van der Waals surface area contributed by atoms with Gasteiger partial charge in [-0.25, -0.2) is 0 Å². The van der Waals surface area contributed by atoms with Crippen molar-refractivity contribution in [1.82, 2.24) is 10.6 Å². The number of nitrogens with one attached hydrogen (secondary N) is 2. The molecule has 3 heteroatoms. The summed E-state index contributed by atoms with van der Waals surface area (Å²) < 4.78 is 0. The summed E-state index contributed by atoms with van der Waals surface area (Å²) in [6, 6.07) is 0. The molecule has 0 heterocycles. The Morgan fingerprint density at radius 1 is 1.45 bits per heavy atom. The molecule has 0 amide bonds. The highest BCUT2D eigenvalue weighted by molar-refractivity contribution is 5.03. The largest absolute Gasteiger partial charge is 0.401 e. The third kappa shape index (κ3) is 4.67. The molecular formula is C8H19N3. The van der Waals surface area contributed by atoms with E-state index in [1.807, 2.05) is 13.8 Å². The molecule has 0 radical (unpaired) electrons. The quantitative estimate of drug-likeness (QED) is 0.528. The van der Waals surface area contributed by atoms with Gasteiger partial charge < -0.3 is 11.1 Å². The Hall–Kier alpha value is -0.700. The fourth-order valence-electron chi connectivity index (χ4n) is 0.796. The number of nitrogens with two attached hydrogens (primary N) is 1. The van der Waals surface area contributed by atoms with Crippen LogP contribution in [0.2, 0.25) is 0 Å². The van der Waals surface area contributed by atoms with E-state index < -0.39 is 0 Å². The SMILES string of the molecule is CCNC(C)N/C(C)=C(/C)N. The second kappa shape index (κ2) is 5.02. The van der Waals surface area contributed by atoms with E-state index in [0.717, 1.165) is 17.9 Å². The first-order chi connectivity index (χ1) is 5.07. The van der Waals surface area contributed by atoms with E-state index in [1.165, 1.54) is 0 Å². The van der Waals surface area contributed by atoms with Gasteiger partial charge in [0, 0.05) is 11.4 Å². The molecule has 1 unspecified atom stereocenters.